The standard InChI is InChI=1S/C10H17N3O2/c1-3-11-9(5-10(14)15)8-6-12-13(4-2)7-8/h6-7,9,11H,3-5H2,1-2H3,(H,14,15). The van der Waals surface area contributed by atoms with E-state index in [1.165, 1.54) is 0 Å². The van der Waals surface area contributed by atoms with Crippen LogP contribution in [0.15, 0.2) is 12.4 Å². The van der Waals surface area contributed by atoms with Gasteiger partial charge in [0.2, 0.25) is 0 Å². The van der Waals surface area contributed by atoms with Gasteiger partial charge in [0, 0.05) is 24.3 Å². The van der Waals surface area contributed by atoms with E-state index in [1.807, 2.05) is 20.0 Å². The minimum atomic E-state index is -0.801. The molecule has 1 aromatic rings. The molecule has 0 saturated carbocycles. The molecule has 1 aromatic heterocycles. The van der Waals surface area contributed by atoms with Crippen LogP contribution in [-0.4, -0.2) is 27.4 Å². The first-order valence-electron chi connectivity index (χ1n) is 5.14. The highest BCUT2D eigenvalue weighted by Crippen LogP contribution is 2.15. The zero-order valence-corrected chi connectivity index (χ0v) is 9.10. The summed E-state index contributed by atoms with van der Waals surface area (Å²) in [4.78, 5) is 10.7. The lowest BCUT2D eigenvalue weighted by Gasteiger charge is -2.13. The number of aryl methyl sites for hydroxylation is 1. The SMILES string of the molecule is CCNC(CC(=O)O)c1cnn(CC)c1. The van der Waals surface area contributed by atoms with Crippen LogP contribution in [0.4, 0.5) is 0 Å². The van der Waals surface area contributed by atoms with Crippen LogP contribution < -0.4 is 5.32 Å². The summed E-state index contributed by atoms with van der Waals surface area (Å²) in [6.45, 7) is 5.50. The summed E-state index contributed by atoms with van der Waals surface area (Å²) >= 11 is 0. The van der Waals surface area contributed by atoms with Gasteiger partial charge < -0.3 is 10.4 Å². The van der Waals surface area contributed by atoms with E-state index in [-0.39, 0.29) is 12.5 Å². The topological polar surface area (TPSA) is 67.2 Å². The monoisotopic (exact) mass is 211 g/mol. The van der Waals surface area contributed by atoms with Crippen molar-refractivity contribution in [3.63, 3.8) is 0 Å². The van der Waals surface area contributed by atoms with Crippen molar-refractivity contribution in [1.29, 1.82) is 0 Å². The van der Waals surface area contributed by atoms with E-state index >= 15 is 0 Å². The van der Waals surface area contributed by atoms with Crippen molar-refractivity contribution in [2.45, 2.75) is 32.9 Å². The second kappa shape index (κ2) is 5.50. The smallest absolute Gasteiger partial charge is 0.305 e. The maximum absolute atomic E-state index is 10.7. The van der Waals surface area contributed by atoms with Crippen LogP contribution in [-0.2, 0) is 11.3 Å². The fourth-order valence-corrected chi connectivity index (χ4v) is 1.46. The Morgan fingerprint density at radius 3 is 2.87 bits per heavy atom. The number of carbonyl (C=O) groups is 1. The zero-order chi connectivity index (χ0) is 11.3. The summed E-state index contributed by atoms with van der Waals surface area (Å²) in [6, 6.07) is -0.146. The highest BCUT2D eigenvalue weighted by molar-refractivity contribution is 5.67. The van der Waals surface area contributed by atoms with Crippen LogP contribution in [0.1, 0.15) is 31.9 Å². The molecule has 84 valence electrons. The van der Waals surface area contributed by atoms with E-state index < -0.39 is 5.97 Å². The predicted molar refractivity (Wildman–Crippen MR) is 56.6 cm³/mol. The van der Waals surface area contributed by atoms with E-state index in [1.54, 1.807) is 10.9 Å². The molecular formula is C10H17N3O2. The molecule has 0 radical (unpaired) electrons. The van der Waals surface area contributed by atoms with Gasteiger partial charge in [-0.1, -0.05) is 6.92 Å². The number of carboxylic acids is 1. The molecule has 0 aromatic carbocycles. The van der Waals surface area contributed by atoms with Crippen molar-refractivity contribution in [1.82, 2.24) is 15.1 Å². The van der Waals surface area contributed by atoms with Crippen LogP contribution in [0, 0.1) is 0 Å². The normalized spacial score (nSPS) is 12.7. The average Bonchev–Trinajstić information content (AvgIpc) is 2.64. The summed E-state index contributed by atoms with van der Waals surface area (Å²) in [5.41, 5.74) is 0.932. The van der Waals surface area contributed by atoms with Crippen LogP contribution >= 0.6 is 0 Å². The van der Waals surface area contributed by atoms with Crippen molar-refractivity contribution < 1.29 is 9.90 Å². The molecule has 0 aliphatic carbocycles. The van der Waals surface area contributed by atoms with Gasteiger partial charge in [0.05, 0.1) is 12.6 Å². The third-order valence-corrected chi connectivity index (χ3v) is 2.21. The second-order valence-corrected chi connectivity index (χ2v) is 3.34. The summed E-state index contributed by atoms with van der Waals surface area (Å²) in [5.74, 6) is -0.801. The lowest BCUT2D eigenvalue weighted by Crippen LogP contribution is -2.23. The second-order valence-electron chi connectivity index (χ2n) is 3.34. The number of nitrogens with zero attached hydrogens (tertiary/aromatic N) is 2. The summed E-state index contributed by atoms with van der Waals surface area (Å²) < 4.78 is 1.79. The Kier molecular flexibility index (Phi) is 4.30. The quantitative estimate of drug-likeness (QED) is 0.737. The molecular weight excluding hydrogens is 194 g/mol. The molecule has 5 heteroatoms. The fraction of sp³-hybridized carbons (Fsp3) is 0.600. The Morgan fingerprint density at radius 1 is 1.67 bits per heavy atom. The van der Waals surface area contributed by atoms with Gasteiger partial charge in [0.25, 0.3) is 0 Å². The number of rotatable bonds is 6. The van der Waals surface area contributed by atoms with E-state index in [9.17, 15) is 4.79 Å². The summed E-state index contributed by atoms with van der Waals surface area (Å²) in [5, 5.41) is 16.0. The largest absolute Gasteiger partial charge is 0.481 e. The number of aliphatic carboxylic acids is 1. The first-order valence-corrected chi connectivity index (χ1v) is 5.14. The Hall–Kier alpha value is -1.36. The summed E-state index contributed by atoms with van der Waals surface area (Å²) in [6.07, 6.45) is 3.69. The molecule has 15 heavy (non-hydrogen) atoms. The van der Waals surface area contributed by atoms with Crippen molar-refractivity contribution in [3.8, 4) is 0 Å². The minimum Gasteiger partial charge on any atom is -0.481 e. The van der Waals surface area contributed by atoms with Gasteiger partial charge >= 0.3 is 5.97 Å². The molecule has 1 heterocycles. The molecule has 0 fully saturated rings. The Balaban J connectivity index is 2.73. The number of hydrogen-bond acceptors (Lipinski definition) is 3. The van der Waals surface area contributed by atoms with Crippen molar-refractivity contribution in [2.24, 2.45) is 0 Å². The van der Waals surface area contributed by atoms with E-state index in [4.69, 9.17) is 5.11 Å². The lowest BCUT2D eigenvalue weighted by molar-refractivity contribution is -0.137. The molecule has 1 unspecified atom stereocenters. The van der Waals surface area contributed by atoms with E-state index in [2.05, 4.69) is 10.4 Å². The highest BCUT2D eigenvalue weighted by atomic mass is 16.4. The number of carboxylic acid groups (broad SMARTS) is 1. The van der Waals surface area contributed by atoms with Gasteiger partial charge in [-0.15, -0.1) is 0 Å². The number of nitrogens with one attached hydrogen (secondary N) is 1. The molecule has 5 nitrogen and oxygen atoms in total. The van der Waals surface area contributed by atoms with Crippen molar-refractivity contribution >= 4 is 5.97 Å². The van der Waals surface area contributed by atoms with Crippen LogP contribution in [0.3, 0.4) is 0 Å². The van der Waals surface area contributed by atoms with Crippen LogP contribution in [0.25, 0.3) is 0 Å². The number of aromatic nitrogens is 2. The van der Waals surface area contributed by atoms with Gasteiger partial charge in [-0.25, -0.2) is 0 Å². The summed E-state index contributed by atoms with van der Waals surface area (Å²) in [7, 11) is 0. The van der Waals surface area contributed by atoms with Gasteiger partial charge in [-0.3, -0.25) is 9.48 Å². The Bertz CT molecular complexity index is 322. The minimum absolute atomic E-state index is 0.0866. The van der Waals surface area contributed by atoms with E-state index in [0.717, 1.165) is 18.7 Å². The number of hydrogen-bond donors (Lipinski definition) is 2. The Labute approximate surface area is 89.1 Å². The first-order chi connectivity index (χ1) is 7.17. The molecule has 1 atom stereocenters. The highest BCUT2D eigenvalue weighted by Gasteiger charge is 2.15. The van der Waals surface area contributed by atoms with Crippen molar-refractivity contribution in [3.05, 3.63) is 18.0 Å². The first kappa shape index (κ1) is 11.7. The maximum Gasteiger partial charge on any atom is 0.305 e. The van der Waals surface area contributed by atoms with Gasteiger partial charge in [0.1, 0.15) is 0 Å². The van der Waals surface area contributed by atoms with E-state index in [0.29, 0.717) is 0 Å². The van der Waals surface area contributed by atoms with Crippen LogP contribution in [0.5, 0.6) is 0 Å². The maximum atomic E-state index is 10.7. The molecule has 1 rings (SSSR count). The van der Waals surface area contributed by atoms with Crippen LogP contribution in [0.2, 0.25) is 0 Å². The molecule has 0 saturated heterocycles. The molecule has 0 aliphatic rings. The average molecular weight is 211 g/mol. The molecule has 0 aliphatic heterocycles. The fourth-order valence-electron chi connectivity index (χ4n) is 1.46. The zero-order valence-electron chi connectivity index (χ0n) is 9.10. The van der Waals surface area contributed by atoms with Gasteiger partial charge in [0.15, 0.2) is 0 Å². The third-order valence-electron chi connectivity index (χ3n) is 2.21. The molecule has 2 N–H and O–H groups in total. The molecule has 0 bridgehead atoms. The van der Waals surface area contributed by atoms with Crippen molar-refractivity contribution in [2.75, 3.05) is 6.54 Å². The lowest BCUT2D eigenvalue weighted by atomic mass is 10.1. The molecule has 0 spiro atoms. The van der Waals surface area contributed by atoms with Gasteiger partial charge in [-0.2, -0.15) is 5.10 Å². The third kappa shape index (κ3) is 3.36. The van der Waals surface area contributed by atoms with Gasteiger partial charge in [-0.05, 0) is 13.5 Å². The Morgan fingerprint density at radius 2 is 2.40 bits per heavy atom. The molecule has 0 amide bonds. The predicted octanol–water partition coefficient (Wildman–Crippen LogP) is 1.03.